The summed E-state index contributed by atoms with van der Waals surface area (Å²) in [7, 11) is 0. The molecule has 2 unspecified atom stereocenters. The van der Waals surface area contributed by atoms with Crippen LogP contribution in [0.25, 0.3) is 11.1 Å². The Balaban J connectivity index is 1.94. The fourth-order valence-corrected chi connectivity index (χ4v) is 5.09. The van der Waals surface area contributed by atoms with Crippen LogP contribution >= 0.6 is 0 Å². The van der Waals surface area contributed by atoms with Gasteiger partial charge in [0.2, 0.25) is 0 Å². The van der Waals surface area contributed by atoms with Crippen LogP contribution in [0.3, 0.4) is 0 Å². The van der Waals surface area contributed by atoms with Gasteiger partial charge >= 0.3 is 0 Å². The van der Waals surface area contributed by atoms with Gasteiger partial charge in [0.25, 0.3) is 0 Å². The van der Waals surface area contributed by atoms with Crippen LogP contribution in [0, 0.1) is 0 Å². The third kappa shape index (κ3) is 3.39. The molecule has 4 aromatic carbocycles. The lowest BCUT2D eigenvalue weighted by Gasteiger charge is -2.36. The van der Waals surface area contributed by atoms with E-state index in [9.17, 15) is 10.2 Å². The zero-order chi connectivity index (χ0) is 23.0. The minimum atomic E-state index is -0.973. The normalized spacial score (nSPS) is 15.3. The van der Waals surface area contributed by atoms with Crippen molar-refractivity contribution in [2.45, 2.75) is 31.8 Å². The Hall–Kier alpha value is -3.60. The second-order valence-corrected chi connectivity index (χ2v) is 8.27. The van der Waals surface area contributed by atoms with Gasteiger partial charge in [-0.3, -0.25) is 0 Å². The summed E-state index contributed by atoms with van der Waals surface area (Å²) in [4.78, 5) is 0. The van der Waals surface area contributed by atoms with Gasteiger partial charge in [0.15, 0.2) is 12.6 Å². The molecule has 0 saturated carbocycles. The van der Waals surface area contributed by atoms with Gasteiger partial charge in [-0.2, -0.15) is 0 Å². The van der Waals surface area contributed by atoms with Crippen molar-refractivity contribution in [3.63, 3.8) is 0 Å². The third-order valence-electron chi connectivity index (χ3n) is 6.13. The molecule has 0 bridgehead atoms. The van der Waals surface area contributed by atoms with Crippen molar-refractivity contribution in [3.8, 4) is 22.6 Å². The fourth-order valence-electron chi connectivity index (χ4n) is 5.09. The number of hydrogen-bond acceptors (Lipinski definition) is 4. The summed E-state index contributed by atoms with van der Waals surface area (Å²) >= 11 is 0. The molecule has 0 saturated heterocycles. The quantitative estimate of drug-likeness (QED) is 0.345. The molecule has 0 heterocycles. The van der Waals surface area contributed by atoms with E-state index in [-0.39, 0.29) is 0 Å². The van der Waals surface area contributed by atoms with Crippen LogP contribution in [-0.4, -0.2) is 22.8 Å². The van der Waals surface area contributed by atoms with Crippen LogP contribution in [0.15, 0.2) is 97.1 Å². The Morgan fingerprint density at radius 2 is 0.848 bits per heavy atom. The monoisotopic (exact) mass is 438 g/mol. The SMILES string of the molecule is CC(O)Oc1ccccc1C1(c2ccccc2OC(C)O)c2ccccc2-c2ccccc21. The molecule has 4 heteroatoms. The van der Waals surface area contributed by atoms with Crippen LogP contribution < -0.4 is 9.47 Å². The highest BCUT2D eigenvalue weighted by Gasteiger charge is 2.49. The number of benzene rings is 4. The van der Waals surface area contributed by atoms with Gasteiger partial charge in [-0.15, -0.1) is 0 Å². The molecule has 0 amide bonds. The maximum atomic E-state index is 10.1. The van der Waals surface area contributed by atoms with Gasteiger partial charge in [0.1, 0.15) is 11.5 Å². The molecule has 2 N–H and O–H groups in total. The molecule has 1 aliphatic rings. The van der Waals surface area contributed by atoms with Crippen molar-refractivity contribution in [1.82, 2.24) is 0 Å². The fraction of sp³-hybridized carbons (Fsp3) is 0.172. The van der Waals surface area contributed by atoms with Crippen molar-refractivity contribution in [1.29, 1.82) is 0 Å². The van der Waals surface area contributed by atoms with Crippen LogP contribution in [0.2, 0.25) is 0 Å². The molecule has 166 valence electrons. The van der Waals surface area contributed by atoms with Crippen molar-refractivity contribution < 1.29 is 19.7 Å². The van der Waals surface area contributed by atoms with Crippen molar-refractivity contribution in [2.75, 3.05) is 0 Å². The maximum Gasteiger partial charge on any atom is 0.194 e. The molecule has 4 aromatic rings. The van der Waals surface area contributed by atoms with Gasteiger partial charge in [0.05, 0.1) is 5.41 Å². The van der Waals surface area contributed by atoms with Gasteiger partial charge in [-0.05, 0) is 48.2 Å². The Labute approximate surface area is 193 Å². The number of hydrogen-bond donors (Lipinski definition) is 2. The number of aliphatic hydroxyl groups excluding tert-OH is 2. The largest absolute Gasteiger partial charge is 0.465 e. The molecule has 0 radical (unpaired) electrons. The Bertz CT molecular complexity index is 1190. The minimum Gasteiger partial charge on any atom is -0.465 e. The maximum absolute atomic E-state index is 10.1. The lowest BCUT2D eigenvalue weighted by molar-refractivity contribution is -0.00196. The molecule has 2 atom stereocenters. The first kappa shape index (κ1) is 21.3. The summed E-state index contributed by atoms with van der Waals surface area (Å²) in [6, 6.07) is 32.3. The van der Waals surface area contributed by atoms with Crippen LogP contribution in [0.5, 0.6) is 11.5 Å². The number of aliphatic hydroxyl groups is 2. The summed E-state index contributed by atoms with van der Waals surface area (Å²) in [6.45, 7) is 3.20. The van der Waals surface area contributed by atoms with Crippen molar-refractivity contribution in [2.24, 2.45) is 0 Å². The number of ether oxygens (including phenoxy) is 2. The van der Waals surface area contributed by atoms with Gasteiger partial charge in [0, 0.05) is 11.1 Å². The van der Waals surface area contributed by atoms with E-state index in [1.165, 1.54) is 0 Å². The topological polar surface area (TPSA) is 58.9 Å². The van der Waals surface area contributed by atoms with E-state index >= 15 is 0 Å². The molecule has 33 heavy (non-hydrogen) atoms. The summed E-state index contributed by atoms with van der Waals surface area (Å²) < 4.78 is 11.8. The first-order chi connectivity index (χ1) is 16.0. The summed E-state index contributed by atoms with van der Waals surface area (Å²) in [5.74, 6) is 1.18. The number of para-hydroxylation sites is 2. The molecule has 4 nitrogen and oxygen atoms in total. The molecule has 5 rings (SSSR count). The first-order valence-corrected chi connectivity index (χ1v) is 11.1. The Morgan fingerprint density at radius 1 is 0.515 bits per heavy atom. The Morgan fingerprint density at radius 3 is 1.24 bits per heavy atom. The Kier molecular flexibility index (Phi) is 5.41. The van der Waals surface area contributed by atoms with Crippen LogP contribution in [0.1, 0.15) is 36.1 Å². The van der Waals surface area contributed by atoms with E-state index in [1.807, 2.05) is 72.8 Å². The lowest BCUT2D eigenvalue weighted by Crippen LogP contribution is -2.31. The van der Waals surface area contributed by atoms with E-state index in [4.69, 9.17) is 9.47 Å². The highest BCUT2D eigenvalue weighted by Crippen LogP contribution is 2.59. The van der Waals surface area contributed by atoms with Crippen LogP contribution in [-0.2, 0) is 5.41 Å². The van der Waals surface area contributed by atoms with E-state index in [1.54, 1.807) is 13.8 Å². The zero-order valence-corrected chi connectivity index (χ0v) is 18.6. The highest BCUT2D eigenvalue weighted by molar-refractivity contribution is 5.87. The van der Waals surface area contributed by atoms with Crippen molar-refractivity contribution in [3.05, 3.63) is 119 Å². The molecule has 0 aliphatic heterocycles. The smallest absolute Gasteiger partial charge is 0.194 e. The number of rotatable bonds is 6. The van der Waals surface area contributed by atoms with E-state index in [2.05, 4.69) is 24.3 Å². The summed E-state index contributed by atoms with van der Waals surface area (Å²) in [5, 5.41) is 20.2. The minimum absolute atomic E-state index is 0.589. The molecular weight excluding hydrogens is 412 g/mol. The molecule has 0 spiro atoms. The van der Waals surface area contributed by atoms with E-state index in [0.29, 0.717) is 11.5 Å². The molecule has 0 aromatic heterocycles. The predicted molar refractivity (Wildman–Crippen MR) is 128 cm³/mol. The van der Waals surface area contributed by atoms with Crippen LogP contribution in [0.4, 0.5) is 0 Å². The third-order valence-corrected chi connectivity index (χ3v) is 6.13. The van der Waals surface area contributed by atoms with E-state index < -0.39 is 18.0 Å². The molecule has 1 aliphatic carbocycles. The van der Waals surface area contributed by atoms with Gasteiger partial charge < -0.3 is 19.7 Å². The van der Waals surface area contributed by atoms with Gasteiger partial charge in [-0.1, -0.05) is 84.9 Å². The molecular formula is C29H26O4. The molecule has 0 fully saturated rings. The average Bonchev–Trinajstić information content (AvgIpc) is 3.10. The average molecular weight is 439 g/mol. The predicted octanol–water partition coefficient (Wildman–Crippen LogP) is 5.48. The van der Waals surface area contributed by atoms with Gasteiger partial charge in [-0.25, -0.2) is 0 Å². The first-order valence-electron chi connectivity index (χ1n) is 11.1. The zero-order valence-electron chi connectivity index (χ0n) is 18.6. The summed E-state index contributed by atoms with van der Waals surface area (Å²) in [6.07, 6.45) is -1.95. The van der Waals surface area contributed by atoms with Crippen molar-refractivity contribution >= 4 is 0 Å². The highest BCUT2D eigenvalue weighted by atomic mass is 16.6. The number of fused-ring (bicyclic) bond motifs is 3. The second-order valence-electron chi connectivity index (χ2n) is 8.27. The summed E-state index contributed by atoms with van der Waals surface area (Å²) in [5.41, 5.74) is 5.46. The second kappa shape index (κ2) is 8.39. The lowest BCUT2D eigenvalue weighted by atomic mass is 9.67. The standard InChI is InChI=1S/C29H26O4/c1-19(30)32-27-17-9-7-15-25(27)29(26-16-8-10-18-28(26)33-20(2)31)23-13-5-3-11-21(23)22-12-4-6-14-24(22)29/h3-20,30-31H,1-2H3. The van der Waals surface area contributed by atoms with E-state index in [0.717, 1.165) is 33.4 Å².